The monoisotopic (exact) mass is 419 g/mol. The number of carbonyl (C=O) groups excluding carboxylic acids is 2. The summed E-state index contributed by atoms with van der Waals surface area (Å²) in [5.41, 5.74) is 3.44. The average Bonchev–Trinajstić information content (AvgIpc) is 3.33. The SMILES string of the molecule is CC(=O)Nc1ccc(NC(=O)c2cc(C(C)C)n(-c3nc4ccccc4s3)n2)cc1. The first kappa shape index (κ1) is 19.8. The highest BCUT2D eigenvalue weighted by molar-refractivity contribution is 7.20. The average molecular weight is 420 g/mol. The number of nitrogens with zero attached hydrogens (tertiary/aromatic N) is 3. The van der Waals surface area contributed by atoms with Crippen molar-refractivity contribution < 1.29 is 9.59 Å². The summed E-state index contributed by atoms with van der Waals surface area (Å²) in [5, 5.41) is 10.8. The molecule has 2 amide bonds. The molecular formula is C22H21N5O2S. The summed E-state index contributed by atoms with van der Waals surface area (Å²) in [6.07, 6.45) is 0. The summed E-state index contributed by atoms with van der Waals surface area (Å²) >= 11 is 1.54. The highest BCUT2D eigenvalue weighted by Gasteiger charge is 2.19. The number of para-hydroxylation sites is 1. The minimum absolute atomic E-state index is 0.145. The molecule has 0 unspecified atom stereocenters. The number of anilines is 2. The van der Waals surface area contributed by atoms with Crippen LogP contribution in [0.4, 0.5) is 11.4 Å². The number of hydrogen-bond acceptors (Lipinski definition) is 5. The van der Waals surface area contributed by atoms with Crippen LogP contribution in [0.2, 0.25) is 0 Å². The lowest BCUT2D eigenvalue weighted by Crippen LogP contribution is -2.13. The van der Waals surface area contributed by atoms with Crippen LogP contribution in [0.15, 0.2) is 54.6 Å². The normalized spacial score (nSPS) is 11.1. The number of amides is 2. The molecule has 152 valence electrons. The molecule has 0 aliphatic carbocycles. The highest BCUT2D eigenvalue weighted by Crippen LogP contribution is 2.28. The Labute approximate surface area is 177 Å². The Hall–Kier alpha value is -3.52. The molecule has 2 N–H and O–H groups in total. The predicted octanol–water partition coefficient (Wildman–Crippen LogP) is 4.82. The minimum Gasteiger partial charge on any atom is -0.326 e. The Balaban J connectivity index is 1.60. The fraction of sp³-hybridized carbons (Fsp3) is 0.182. The largest absolute Gasteiger partial charge is 0.326 e. The fourth-order valence-corrected chi connectivity index (χ4v) is 4.00. The third-order valence-electron chi connectivity index (χ3n) is 4.49. The maximum absolute atomic E-state index is 12.8. The first-order valence-corrected chi connectivity index (χ1v) is 10.4. The maximum atomic E-state index is 12.8. The van der Waals surface area contributed by atoms with Crippen LogP contribution in [0.5, 0.6) is 0 Å². The fourth-order valence-electron chi connectivity index (χ4n) is 3.06. The minimum atomic E-state index is -0.302. The van der Waals surface area contributed by atoms with Gasteiger partial charge in [-0.3, -0.25) is 9.59 Å². The van der Waals surface area contributed by atoms with Gasteiger partial charge in [0.15, 0.2) is 5.69 Å². The number of benzene rings is 2. The lowest BCUT2D eigenvalue weighted by atomic mass is 10.1. The molecule has 0 saturated heterocycles. The van der Waals surface area contributed by atoms with Crippen molar-refractivity contribution in [3.63, 3.8) is 0 Å². The van der Waals surface area contributed by atoms with Gasteiger partial charge in [0.05, 0.1) is 15.9 Å². The van der Waals surface area contributed by atoms with Crippen molar-refractivity contribution in [3.8, 4) is 5.13 Å². The standard InChI is InChI=1S/C22H21N5O2S/c1-13(2)19-12-18(21(29)24-16-10-8-15(9-11-16)23-14(3)28)26-27(19)22-25-17-6-4-5-7-20(17)30-22/h4-13H,1-3H3,(H,23,28)(H,24,29). The second kappa shape index (κ2) is 8.08. The van der Waals surface area contributed by atoms with Crippen LogP contribution in [-0.2, 0) is 4.79 Å². The zero-order valence-corrected chi connectivity index (χ0v) is 17.7. The van der Waals surface area contributed by atoms with Crippen molar-refractivity contribution in [1.29, 1.82) is 0 Å². The van der Waals surface area contributed by atoms with Gasteiger partial charge >= 0.3 is 0 Å². The highest BCUT2D eigenvalue weighted by atomic mass is 32.1. The van der Waals surface area contributed by atoms with Crippen molar-refractivity contribution in [2.24, 2.45) is 0 Å². The summed E-state index contributed by atoms with van der Waals surface area (Å²) in [7, 11) is 0. The summed E-state index contributed by atoms with van der Waals surface area (Å²) in [6, 6.07) is 16.7. The van der Waals surface area contributed by atoms with Crippen LogP contribution < -0.4 is 10.6 Å². The second-order valence-electron chi connectivity index (χ2n) is 7.20. The van der Waals surface area contributed by atoms with E-state index in [2.05, 4.69) is 34.6 Å². The van der Waals surface area contributed by atoms with E-state index < -0.39 is 0 Å². The molecule has 0 radical (unpaired) electrons. The molecule has 8 heteroatoms. The van der Waals surface area contributed by atoms with Gasteiger partial charge in [0, 0.05) is 18.3 Å². The van der Waals surface area contributed by atoms with Crippen LogP contribution in [0.25, 0.3) is 15.3 Å². The smallest absolute Gasteiger partial charge is 0.276 e. The molecule has 0 bridgehead atoms. The molecule has 0 atom stereocenters. The van der Waals surface area contributed by atoms with Gasteiger partial charge in [-0.2, -0.15) is 5.10 Å². The van der Waals surface area contributed by atoms with E-state index in [1.807, 2.05) is 24.3 Å². The third kappa shape index (κ3) is 4.08. The Morgan fingerprint density at radius 2 is 1.67 bits per heavy atom. The van der Waals surface area contributed by atoms with Gasteiger partial charge in [-0.1, -0.05) is 37.3 Å². The number of thiazole rings is 1. The number of carbonyl (C=O) groups is 2. The van der Waals surface area contributed by atoms with E-state index in [1.165, 1.54) is 6.92 Å². The number of rotatable bonds is 5. The molecule has 30 heavy (non-hydrogen) atoms. The van der Waals surface area contributed by atoms with Gasteiger partial charge < -0.3 is 10.6 Å². The molecule has 7 nitrogen and oxygen atoms in total. The maximum Gasteiger partial charge on any atom is 0.276 e. The molecule has 4 aromatic rings. The van der Waals surface area contributed by atoms with Gasteiger partial charge in [0.25, 0.3) is 5.91 Å². The summed E-state index contributed by atoms with van der Waals surface area (Å²) in [6.45, 7) is 5.57. The van der Waals surface area contributed by atoms with Gasteiger partial charge in [-0.05, 0) is 48.4 Å². The van der Waals surface area contributed by atoms with Crippen LogP contribution in [0.1, 0.15) is 42.9 Å². The van der Waals surface area contributed by atoms with E-state index in [9.17, 15) is 9.59 Å². The Kier molecular flexibility index (Phi) is 5.33. The molecule has 0 spiro atoms. The lowest BCUT2D eigenvalue weighted by molar-refractivity contribution is -0.114. The molecule has 4 rings (SSSR count). The molecule has 0 fully saturated rings. The molecule has 2 aromatic heterocycles. The zero-order valence-electron chi connectivity index (χ0n) is 16.8. The first-order valence-electron chi connectivity index (χ1n) is 9.55. The topological polar surface area (TPSA) is 88.9 Å². The van der Waals surface area contributed by atoms with Gasteiger partial charge in [0.2, 0.25) is 11.0 Å². The first-order chi connectivity index (χ1) is 14.4. The van der Waals surface area contributed by atoms with Crippen molar-refractivity contribution in [2.75, 3.05) is 10.6 Å². The van der Waals surface area contributed by atoms with Crippen LogP contribution in [0, 0.1) is 0 Å². The molecule has 2 heterocycles. The van der Waals surface area contributed by atoms with Crippen molar-refractivity contribution in [3.05, 3.63) is 66.0 Å². The predicted molar refractivity (Wildman–Crippen MR) is 120 cm³/mol. The lowest BCUT2D eigenvalue weighted by Gasteiger charge is -2.06. The molecule has 0 saturated carbocycles. The van der Waals surface area contributed by atoms with E-state index in [0.29, 0.717) is 17.1 Å². The number of fused-ring (bicyclic) bond motifs is 1. The summed E-state index contributed by atoms with van der Waals surface area (Å²) < 4.78 is 2.83. The van der Waals surface area contributed by atoms with Crippen molar-refractivity contribution in [1.82, 2.24) is 14.8 Å². The zero-order chi connectivity index (χ0) is 21.3. The van der Waals surface area contributed by atoms with Gasteiger partial charge in [0.1, 0.15) is 0 Å². The van der Waals surface area contributed by atoms with Crippen molar-refractivity contribution in [2.45, 2.75) is 26.7 Å². The molecule has 0 aliphatic heterocycles. The number of hydrogen-bond donors (Lipinski definition) is 2. The van der Waals surface area contributed by atoms with Crippen molar-refractivity contribution >= 4 is 44.7 Å². The van der Waals surface area contributed by atoms with E-state index in [4.69, 9.17) is 0 Å². The van der Waals surface area contributed by atoms with Crippen LogP contribution >= 0.6 is 11.3 Å². The molecule has 0 aliphatic rings. The van der Waals surface area contributed by atoms with E-state index >= 15 is 0 Å². The summed E-state index contributed by atoms with van der Waals surface area (Å²) in [5.74, 6) is -0.277. The Morgan fingerprint density at radius 3 is 2.30 bits per heavy atom. The third-order valence-corrected chi connectivity index (χ3v) is 5.50. The Morgan fingerprint density at radius 1 is 1.00 bits per heavy atom. The number of aromatic nitrogens is 3. The summed E-state index contributed by atoms with van der Waals surface area (Å²) in [4.78, 5) is 28.6. The van der Waals surface area contributed by atoms with E-state index in [1.54, 1.807) is 46.4 Å². The van der Waals surface area contributed by atoms with E-state index in [-0.39, 0.29) is 17.7 Å². The van der Waals surface area contributed by atoms with Gasteiger partial charge in [-0.25, -0.2) is 9.67 Å². The molecule has 2 aromatic carbocycles. The number of nitrogens with one attached hydrogen (secondary N) is 2. The Bertz CT molecular complexity index is 1190. The quantitative estimate of drug-likeness (QED) is 0.486. The second-order valence-corrected chi connectivity index (χ2v) is 8.21. The van der Waals surface area contributed by atoms with E-state index in [0.717, 1.165) is 21.0 Å². The molecular weight excluding hydrogens is 398 g/mol. The van der Waals surface area contributed by atoms with Crippen LogP contribution in [-0.4, -0.2) is 26.6 Å². The van der Waals surface area contributed by atoms with Gasteiger partial charge in [-0.15, -0.1) is 0 Å². The van der Waals surface area contributed by atoms with Crippen LogP contribution in [0.3, 0.4) is 0 Å².